The van der Waals surface area contributed by atoms with Gasteiger partial charge in [-0.05, 0) is 30.3 Å². The second kappa shape index (κ2) is 6.45. The van der Waals surface area contributed by atoms with Crippen molar-refractivity contribution in [1.82, 2.24) is 19.6 Å². The Morgan fingerprint density at radius 2 is 1.96 bits per heavy atom. The largest absolute Gasteiger partial charge is 0.319 e. The number of carbonyl (C=O) groups is 1. The molecule has 0 saturated carbocycles. The molecule has 0 fully saturated rings. The van der Waals surface area contributed by atoms with Gasteiger partial charge in [-0.3, -0.25) is 9.78 Å². The Hall–Kier alpha value is -4.05. The molecule has 4 aromatic rings. The molecular formula is C19H12N6O. The van der Waals surface area contributed by atoms with Crippen molar-refractivity contribution in [2.75, 3.05) is 5.32 Å². The summed E-state index contributed by atoms with van der Waals surface area (Å²) in [6.07, 6.45) is 4.65. The molecule has 0 bridgehead atoms. The van der Waals surface area contributed by atoms with Crippen LogP contribution in [0.25, 0.3) is 16.9 Å². The zero-order valence-electron chi connectivity index (χ0n) is 13.5. The Kier molecular flexibility index (Phi) is 3.84. The number of benzene rings is 1. The number of carbonyl (C=O) groups excluding carboxylic acids is 1. The Morgan fingerprint density at radius 1 is 1.08 bits per heavy atom. The molecule has 0 radical (unpaired) electrons. The minimum atomic E-state index is -0.344. The van der Waals surface area contributed by atoms with Crippen LogP contribution in [0.1, 0.15) is 16.1 Å². The maximum Gasteiger partial charge on any atom is 0.276 e. The van der Waals surface area contributed by atoms with Gasteiger partial charge in [0.2, 0.25) is 0 Å². The van der Waals surface area contributed by atoms with Crippen molar-refractivity contribution >= 4 is 17.2 Å². The summed E-state index contributed by atoms with van der Waals surface area (Å²) < 4.78 is 1.47. The van der Waals surface area contributed by atoms with E-state index in [4.69, 9.17) is 0 Å². The molecule has 0 saturated heterocycles. The van der Waals surface area contributed by atoms with E-state index in [9.17, 15) is 10.1 Å². The molecule has 7 heteroatoms. The normalized spacial score (nSPS) is 10.4. The zero-order chi connectivity index (χ0) is 17.9. The molecule has 1 N–H and O–H groups in total. The minimum absolute atomic E-state index is 0.292. The average molecular weight is 340 g/mol. The van der Waals surface area contributed by atoms with Gasteiger partial charge in [0, 0.05) is 11.8 Å². The van der Waals surface area contributed by atoms with Gasteiger partial charge < -0.3 is 5.32 Å². The predicted molar refractivity (Wildman–Crippen MR) is 95.3 cm³/mol. The van der Waals surface area contributed by atoms with E-state index >= 15 is 0 Å². The maximum absolute atomic E-state index is 12.6. The number of hydrogen-bond acceptors (Lipinski definition) is 5. The zero-order valence-corrected chi connectivity index (χ0v) is 13.5. The molecule has 3 aromatic heterocycles. The van der Waals surface area contributed by atoms with E-state index in [2.05, 4.69) is 26.5 Å². The predicted octanol–water partition coefficient (Wildman–Crippen LogP) is 2.92. The van der Waals surface area contributed by atoms with Gasteiger partial charge in [0.05, 0.1) is 35.4 Å². The molecule has 0 spiro atoms. The van der Waals surface area contributed by atoms with Gasteiger partial charge in [-0.2, -0.15) is 10.4 Å². The monoisotopic (exact) mass is 340 g/mol. The SMILES string of the molecule is N#Cc1ccccc1-c1ccc2ncc(C(=O)Nc3cccnc3)n2n1. The van der Waals surface area contributed by atoms with Crippen LogP contribution in [0, 0.1) is 11.3 Å². The van der Waals surface area contributed by atoms with E-state index < -0.39 is 0 Å². The Bertz CT molecular complexity index is 1140. The topological polar surface area (TPSA) is 96.0 Å². The lowest BCUT2D eigenvalue weighted by atomic mass is 10.1. The summed E-state index contributed by atoms with van der Waals surface area (Å²) in [5.74, 6) is -0.344. The third-order valence-corrected chi connectivity index (χ3v) is 3.84. The van der Waals surface area contributed by atoms with Crippen molar-refractivity contribution in [3.63, 3.8) is 0 Å². The first-order valence-electron chi connectivity index (χ1n) is 7.82. The summed E-state index contributed by atoms with van der Waals surface area (Å²) >= 11 is 0. The Morgan fingerprint density at radius 3 is 2.77 bits per heavy atom. The fraction of sp³-hybridized carbons (Fsp3) is 0. The number of aromatic nitrogens is 4. The standard InChI is InChI=1S/C19H12N6O/c20-10-13-4-1-2-6-15(13)16-7-8-18-22-12-17(25(18)24-16)19(26)23-14-5-3-9-21-11-14/h1-9,11-12H,(H,23,26). The van der Waals surface area contributed by atoms with Gasteiger partial charge in [-0.1, -0.05) is 18.2 Å². The van der Waals surface area contributed by atoms with Gasteiger partial charge in [0.15, 0.2) is 11.3 Å². The lowest BCUT2D eigenvalue weighted by Crippen LogP contribution is -2.15. The van der Waals surface area contributed by atoms with E-state index in [1.807, 2.05) is 12.1 Å². The lowest BCUT2D eigenvalue weighted by Gasteiger charge is -2.06. The maximum atomic E-state index is 12.6. The fourth-order valence-corrected chi connectivity index (χ4v) is 2.61. The van der Waals surface area contributed by atoms with E-state index in [1.165, 1.54) is 10.7 Å². The van der Waals surface area contributed by atoms with Crippen molar-refractivity contribution in [2.24, 2.45) is 0 Å². The summed E-state index contributed by atoms with van der Waals surface area (Å²) in [6, 6.07) is 16.4. The molecule has 1 aromatic carbocycles. The van der Waals surface area contributed by atoms with Crippen molar-refractivity contribution in [1.29, 1.82) is 5.26 Å². The van der Waals surface area contributed by atoms with Crippen LogP contribution in [0.15, 0.2) is 67.1 Å². The number of imidazole rings is 1. The molecule has 0 aliphatic heterocycles. The molecule has 26 heavy (non-hydrogen) atoms. The second-order valence-electron chi connectivity index (χ2n) is 5.49. The number of amides is 1. The quantitative estimate of drug-likeness (QED) is 0.618. The summed E-state index contributed by atoms with van der Waals surface area (Å²) in [4.78, 5) is 20.8. The molecular weight excluding hydrogens is 328 g/mol. The molecule has 0 aliphatic rings. The van der Waals surface area contributed by atoms with Gasteiger partial charge in [-0.15, -0.1) is 0 Å². The highest BCUT2D eigenvalue weighted by molar-refractivity contribution is 6.03. The van der Waals surface area contributed by atoms with Gasteiger partial charge >= 0.3 is 0 Å². The molecule has 4 rings (SSSR count). The summed E-state index contributed by atoms with van der Waals surface area (Å²) in [5, 5.41) is 16.6. The third kappa shape index (κ3) is 2.76. The van der Waals surface area contributed by atoms with E-state index in [0.29, 0.717) is 33.8 Å². The van der Waals surface area contributed by atoms with Crippen molar-refractivity contribution in [3.05, 3.63) is 78.4 Å². The third-order valence-electron chi connectivity index (χ3n) is 3.84. The van der Waals surface area contributed by atoms with Crippen LogP contribution in [0.5, 0.6) is 0 Å². The number of hydrogen-bond donors (Lipinski definition) is 1. The van der Waals surface area contributed by atoms with Crippen molar-refractivity contribution < 1.29 is 4.79 Å². The summed E-state index contributed by atoms with van der Waals surface area (Å²) in [6.45, 7) is 0. The molecule has 0 unspecified atom stereocenters. The first kappa shape index (κ1) is 15.5. The van der Waals surface area contributed by atoms with Crippen LogP contribution in [0.3, 0.4) is 0 Å². The highest BCUT2D eigenvalue weighted by Crippen LogP contribution is 2.22. The number of pyridine rings is 1. The van der Waals surface area contributed by atoms with Crippen LogP contribution < -0.4 is 5.32 Å². The molecule has 7 nitrogen and oxygen atoms in total. The Balaban J connectivity index is 1.76. The molecule has 1 amide bonds. The van der Waals surface area contributed by atoms with Gasteiger partial charge in [0.1, 0.15) is 0 Å². The number of fused-ring (bicyclic) bond motifs is 1. The lowest BCUT2D eigenvalue weighted by molar-refractivity contribution is 0.102. The molecule has 3 heterocycles. The highest BCUT2D eigenvalue weighted by atomic mass is 16.2. The number of rotatable bonds is 3. The van der Waals surface area contributed by atoms with Crippen molar-refractivity contribution in [2.45, 2.75) is 0 Å². The second-order valence-corrected chi connectivity index (χ2v) is 5.49. The summed E-state index contributed by atoms with van der Waals surface area (Å²) in [5.41, 5.74) is 3.21. The van der Waals surface area contributed by atoms with Gasteiger partial charge in [0.25, 0.3) is 5.91 Å². The fourth-order valence-electron chi connectivity index (χ4n) is 2.61. The van der Waals surface area contributed by atoms with Crippen LogP contribution in [0.4, 0.5) is 5.69 Å². The van der Waals surface area contributed by atoms with E-state index in [-0.39, 0.29) is 5.91 Å². The highest BCUT2D eigenvalue weighted by Gasteiger charge is 2.15. The smallest absolute Gasteiger partial charge is 0.276 e. The van der Waals surface area contributed by atoms with E-state index in [0.717, 1.165) is 0 Å². The minimum Gasteiger partial charge on any atom is -0.319 e. The van der Waals surface area contributed by atoms with E-state index in [1.54, 1.807) is 48.8 Å². The van der Waals surface area contributed by atoms with Crippen LogP contribution in [0.2, 0.25) is 0 Å². The first-order valence-corrected chi connectivity index (χ1v) is 7.82. The first-order chi connectivity index (χ1) is 12.8. The van der Waals surface area contributed by atoms with Gasteiger partial charge in [-0.25, -0.2) is 9.50 Å². The molecule has 124 valence electrons. The number of anilines is 1. The van der Waals surface area contributed by atoms with Crippen molar-refractivity contribution in [3.8, 4) is 17.3 Å². The van der Waals surface area contributed by atoms with Crippen LogP contribution in [-0.2, 0) is 0 Å². The van der Waals surface area contributed by atoms with Crippen LogP contribution in [-0.4, -0.2) is 25.5 Å². The Labute approximate surface area is 148 Å². The average Bonchev–Trinajstić information content (AvgIpc) is 3.12. The van der Waals surface area contributed by atoms with Crippen LogP contribution >= 0.6 is 0 Å². The summed E-state index contributed by atoms with van der Waals surface area (Å²) in [7, 11) is 0. The number of nitriles is 1. The molecule has 0 atom stereocenters. The number of nitrogens with zero attached hydrogens (tertiary/aromatic N) is 5. The number of nitrogens with one attached hydrogen (secondary N) is 1. The molecule has 0 aliphatic carbocycles.